The Morgan fingerprint density at radius 2 is 2.27 bits per heavy atom. The van der Waals surface area contributed by atoms with Crippen LogP contribution in [0, 0.1) is 6.92 Å². The fraction of sp³-hybridized carbons (Fsp3) is 0.250. The smallest absolute Gasteiger partial charge is 0.0901 e. The molecular formula is C12H14N2S. The molecule has 0 fully saturated rings. The van der Waals surface area contributed by atoms with Crippen LogP contribution in [0.25, 0.3) is 11.3 Å². The minimum Gasteiger partial charge on any atom is -0.385 e. The van der Waals surface area contributed by atoms with Crippen LogP contribution in [0.3, 0.4) is 0 Å². The lowest BCUT2D eigenvalue weighted by molar-refractivity contribution is 1.21. The van der Waals surface area contributed by atoms with Gasteiger partial charge in [-0.15, -0.1) is 11.3 Å². The van der Waals surface area contributed by atoms with E-state index in [1.165, 1.54) is 5.56 Å². The molecule has 0 radical (unpaired) electrons. The van der Waals surface area contributed by atoms with E-state index in [9.17, 15) is 0 Å². The Hall–Kier alpha value is -1.35. The van der Waals surface area contributed by atoms with Crippen LogP contribution in [0.1, 0.15) is 11.9 Å². The van der Waals surface area contributed by atoms with Gasteiger partial charge in [0.1, 0.15) is 0 Å². The van der Waals surface area contributed by atoms with E-state index >= 15 is 0 Å². The highest BCUT2D eigenvalue weighted by Gasteiger charge is 2.02. The van der Waals surface area contributed by atoms with Crippen molar-refractivity contribution in [3.63, 3.8) is 0 Å². The molecule has 2 aromatic rings. The van der Waals surface area contributed by atoms with Crippen molar-refractivity contribution in [3.8, 4) is 11.3 Å². The average Bonchev–Trinajstić information content (AvgIpc) is 2.66. The summed E-state index contributed by atoms with van der Waals surface area (Å²) in [4.78, 5) is 4.47. The van der Waals surface area contributed by atoms with Crippen LogP contribution in [0.5, 0.6) is 0 Å². The topological polar surface area (TPSA) is 24.9 Å². The summed E-state index contributed by atoms with van der Waals surface area (Å²) in [6.07, 6.45) is 0. The summed E-state index contributed by atoms with van der Waals surface area (Å²) in [5, 5.41) is 6.51. The van der Waals surface area contributed by atoms with Gasteiger partial charge in [0.25, 0.3) is 0 Å². The molecule has 1 heterocycles. The largest absolute Gasteiger partial charge is 0.385 e. The number of hydrogen-bond donors (Lipinski definition) is 1. The third-order valence-corrected chi connectivity index (χ3v) is 2.93. The molecule has 78 valence electrons. The maximum atomic E-state index is 4.47. The minimum absolute atomic E-state index is 0.944. The normalized spacial score (nSPS) is 10.3. The number of thiazole rings is 1. The van der Waals surface area contributed by atoms with Crippen molar-refractivity contribution in [3.05, 3.63) is 34.7 Å². The van der Waals surface area contributed by atoms with Crippen molar-refractivity contribution < 1.29 is 0 Å². The van der Waals surface area contributed by atoms with Gasteiger partial charge in [0.2, 0.25) is 0 Å². The molecule has 1 aromatic carbocycles. The summed E-state index contributed by atoms with van der Waals surface area (Å²) in [7, 11) is 0. The Morgan fingerprint density at radius 3 is 2.93 bits per heavy atom. The second kappa shape index (κ2) is 4.45. The molecule has 0 unspecified atom stereocenters. The lowest BCUT2D eigenvalue weighted by Gasteiger charge is -2.04. The predicted octanol–water partition coefficient (Wildman–Crippen LogP) is 3.55. The van der Waals surface area contributed by atoms with Gasteiger partial charge in [0, 0.05) is 23.2 Å². The summed E-state index contributed by atoms with van der Waals surface area (Å²) in [5.74, 6) is 0. The first kappa shape index (κ1) is 10.2. The predicted molar refractivity (Wildman–Crippen MR) is 66.5 cm³/mol. The van der Waals surface area contributed by atoms with Gasteiger partial charge in [-0.1, -0.05) is 12.1 Å². The SMILES string of the molecule is CCNc1cccc(-c2csc(C)n2)c1. The van der Waals surface area contributed by atoms with Crippen LogP contribution >= 0.6 is 11.3 Å². The van der Waals surface area contributed by atoms with E-state index in [4.69, 9.17) is 0 Å². The number of rotatable bonds is 3. The highest BCUT2D eigenvalue weighted by atomic mass is 32.1. The third kappa shape index (κ3) is 2.36. The van der Waals surface area contributed by atoms with E-state index < -0.39 is 0 Å². The van der Waals surface area contributed by atoms with E-state index in [0.29, 0.717) is 0 Å². The summed E-state index contributed by atoms with van der Waals surface area (Å²) in [5.41, 5.74) is 3.40. The first-order chi connectivity index (χ1) is 7.29. The van der Waals surface area contributed by atoms with Crippen molar-refractivity contribution >= 4 is 17.0 Å². The summed E-state index contributed by atoms with van der Waals surface area (Å²) < 4.78 is 0. The lowest BCUT2D eigenvalue weighted by atomic mass is 10.1. The Labute approximate surface area is 94.0 Å². The zero-order valence-electron chi connectivity index (χ0n) is 8.95. The molecule has 0 aliphatic heterocycles. The number of hydrogen-bond acceptors (Lipinski definition) is 3. The van der Waals surface area contributed by atoms with Gasteiger partial charge < -0.3 is 5.32 Å². The second-order valence-corrected chi connectivity index (χ2v) is 4.43. The molecular weight excluding hydrogens is 204 g/mol. The minimum atomic E-state index is 0.944. The maximum Gasteiger partial charge on any atom is 0.0901 e. The van der Waals surface area contributed by atoms with Gasteiger partial charge in [-0.25, -0.2) is 4.98 Å². The monoisotopic (exact) mass is 218 g/mol. The molecule has 0 saturated heterocycles. The fourth-order valence-corrected chi connectivity index (χ4v) is 2.11. The zero-order chi connectivity index (χ0) is 10.7. The molecule has 0 aliphatic rings. The van der Waals surface area contributed by atoms with Crippen molar-refractivity contribution in [2.45, 2.75) is 13.8 Å². The van der Waals surface area contributed by atoms with Crippen molar-refractivity contribution in [2.75, 3.05) is 11.9 Å². The molecule has 0 bridgehead atoms. The van der Waals surface area contributed by atoms with E-state index in [1.807, 2.05) is 6.92 Å². The van der Waals surface area contributed by atoms with Gasteiger partial charge in [-0.2, -0.15) is 0 Å². The van der Waals surface area contributed by atoms with Crippen LogP contribution in [0.2, 0.25) is 0 Å². The average molecular weight is 218 g/mol. The molecule has 0 saturated carbocycles. The Balaban J connectivity index is 2.32. The number of benzene rings is 1. The Kier molecular flexibility index (Phi) is 3.02. The molecule has 2 rings (SSSR count). The first-order valence-corrected chi connectivity index (χ1v) is 5.94. The molecule has 0 aliphatic carbocycles. The summed E-state index contributed by atoms with van der Waals surface area (Å²) >= 11 is 1.69. The highest BCUT2D eigenvalue weighted by molar-refractivity contribution is 7.09. The molecule has 0 atom stereocenters. The van der Waals surface area contributed by atoms with Gasteiger partial charge >= 0.3 is 0 Å². The summed E-state index contributed by atoms with van der Waals surface area (Å²) in [6, 6.07) is 8.36. The molecule has 0 amide bonds. The van der Waals surface area contributed by atoms with E-state index in [0.717, 1.165) is 22.9 Å². The Morgan fingerprint density at radius 1 is 1.40 bits per heavy atom. The van der Waals surface area contributed by atoms with Crippen LogP contribution in [-0.4, -0.2) is 11.5 Å². The number of aryl methyl sites for hydroxylation is 1. The van der Waals surface area contributed by atoms with Crippen LogP contribution in [-0.2, 0) is 0 Å². The van der Waals surface area contributed by atoms with E-state index in [2.05, 4.69) is 46.9 Å². The quantitative estimate of drug-likeness (QED) is 0.852. The van der Waals surface area contributed by atoms with Crippen LogP contribution < -0.4 is 5.32 Å². The van der Waals surface area contributed by atoms with Gasteiger partial charge in [-0.3, -0.25) is 0 Å². The standard InChI is InChI=1S/C12H14N2S/c1-3-13-11-6-4-5-10(7-11)12-8-15-9(2)14-12/h4-8,13H,3H2,1-2H3. The first-order valence-electron chi connectivity index (χ1n) is 5.06. The number of nitrogens with one attached hydrogen (secondary N) is 1. The second-order valence-electron chi connectivity index (χ2n) is 3.36. The van der Waals surface area contributed by atoms with Gasteiger partial charge in [0.15, 0.2) is 0 Å². The van der Waals surface area contributed by atoms with Crippen molar-refractivity contribution in [1.29, 1.82) is 0 Å². The highest BCUT2D eigenvalue weighted by Crippen LogP contribution is 2.23. The Bertz CT molecular complexity index is 448. The fourth-order valence-electron chi connectivity index (χ4n) is 1.49. The molecule has 15 heavy (non-hydrogen) atoms. The van der Waals surface area contributed by atoms with Crippen LogP contribution in [0.15, 0.2) is 29.6 Å². The summed E-state index contributed by atoms with van der Waals surface area (Å²) in [6.45, 7) is 5.07. The number of nitrogens with zero attached hydrogens (tertiary/aromatic N) is 1. The molecule has 3 heteroatoms. The number of aromatic nitrogens is 1. The number of anilines is 1. The zero-order valence-corrected chi connectivity index (χ0v) is 9.77. The molecule has 2 nitrogen and oxygen atoms in total. The van der Waals surface area contributed by atoms with Gasteiger partial charge in [0.05, 0.1) is 10.7 Å². The maximum absolute atomic E-state index is 4.47. The van der Waals surface area contributed by atoms with Crippen molar-refractivity contribution in [2.24, 2.45) is 0 Å². The van der Waals surface area contributed by atoms with E-state index in [-0.39, 0.29) is 0 Å². The van der Waals surface area contributed by atoms with E-state index in [1.54, 1.807) is 11.3 Å². The van der Waals surface area contributed by atoms with Gasteiger partial charge in [-0.05, 0) is 26.0 Å². The molecule has 1 N–H and O–H groups in total. The van der Waals surface area contributed by atoms with Crippen LogP contribution in [0.4, 0.5) is 5.69 Å². The van der Waals surface area contributed by atoms with Crippen molar-refractivity contribution in [1.82, 2.24) is 4.98 Å². The molecule has 1 aromatic heterocycles. The lowest BCUT2D eigenvalue weighted by Crippen LogP contribution is -1.95. The third-order valence-electron chi connectivity index (χ3n) is 2.16. The molecule has 0 spiro atoms.